The van der Waals surface area contributed by atoms with Crippen LogP contribution in [-0.2, 0) is 18.6 Å². The van der Waals surface area contributed by atoms with Crippen LogP contribution < -0.4 is 0 Å². The predicted molar refractivity (Wildman–Crippen MR) is 79.7 cm³/mol. The van der Waals surface area contributed by atoms with Crippen LogP contribution in [0.25, 0.3) is 16.9 Å². The Labute approximate surface area is 147 Å². The summed E-state index contributed by atoms with van der Waals surface area (Å²) in [6.07, 6.45) is -3.84. The van der Waals surface area contributed by atoms with E-state index in [9.17, 15) is 22.0 Å². The number of rotatable bonds is 2. The first-order chi connectivity index (χ1) is 11.4. The Kier molecular flexibility index (Phi) is 3.95. The summed E-state index contributed by atoms with van der Waals surface area (Å²) in [4.78, 5) is 3.96. The highest BCUT2D eigenvalue weighted by Gasteiger charge is 2.40. The molecule has 3 heterocycles. The van der Waals surface area contributed by atoms with Crippen LogP contribution in [0.2, 0.25) is 5.02 Å². The number of fused-ring (bicyclic) bond motifs is 1. The van der Waals surface area contributed by atoms with Gasteiger partial charge in [-0.15, -0.1) is 0 Å². The average Bonchev–Trinajstić information content (AvgIpc) is 2.98. The molecule has 0 unspecified atom stereocenters. The molecule has 12 heteroatoms. The Hall–Kier alpha value is -1.94. The van der Waals surface area contributed by atoms with Crippen LogP contribution in [0.5, 0.6) is 0 Å². The maximum atomic E-state index is 13.6. The minimum absolute atomic E-state index is 0.151. The van der Waals surface area contributed by atoms with Gasteiger partial charge in [0.05, 0.1) is 11.8 Å². The highest BCUT2D eigenvalue weighted by Crippen LogP contribution is 2.41. The fourth-order valence-corrected chi connectivity index (χ4v) is 2.83. The maximum absolute atomic E-state index is 13.6. The summed E-state index contributed by atoms with van der Waals surface area (Å²) < 4.78 is 68.2. The van der Waals surface area contributed by atoms with Crippen molar-refractivity contribution < 1.29 is 22.0 Å². The molecule has 0 saturated heterocycles. The first-order valence-corrected chi connectivity index (χ1v) is 7.39. The van der Waals surface area contributed by atoms with Gasteiger partial charge in [0.2, 0.25) is 0 Å². The normalized spacial score (nSPS) is 13.0. The van der Waals surface area contributed by atoms with Crippen LogP contribution in [0.15, 0.2) is 12.3 Å². The van der Waals surface area contributed by atoms with Crippen molar-refractivity contribution in [2.75, 3.05) is 0 Å². The number of halogens is 7. The lowest BCUT2D eigenvalue weighted by Gasteiger charge is -2.10. The van der Waals surface area contributed by atoms with Crippen molar-refractivity contribution in [3.05, 3.63) is 34.4 Å². The van der Waals surface area contributed by atoms with Gasteiger partial charge in [0.1, 0.15) is 16.4 Å². The van der Waals surface area contributed by atoms with E-state index in [1.165, 1.54) is 6.92 Å². The molecule has 134 valence electrons. The zero-order valence-corrected chi connectivity index (χ0v) is 14.0. The molecule has 0 saturated carbocycles. The average molecular weight is 400 g/mol. The second-order valence-electron chi connectivity index (χ2n) is 5.21. The molecule has 3 rings (SSSR count). The van der Waals surface area contributed by atoms with Crippen molar-refractivity contribution in [1.82, 2.24) is 24.4 Å². The fraction of sp³-hybridized carbons (Fsp3) is 0.308. The molecule has 0 spiro atoms. The van der Waals surface area contributed by atoms with Gasteiger partial charge in [-0.3, -0.25) is 4.68 Å². The fourth-order valence-electron chi connectivity index (χ4n) is 2.43. The summed E-state index contributed by atoms with van der Waals surface area (Å²) >= 11 is 11.1. The highest BCUT2D eigenvalue weighted by atomic mass is 35.5. The molecule has 3 aromatic rings. The molecule has 0 aliphatic carbocycles. The van der Waals surface area contributed by atoms with Crippen molar-refractivity contribution >= 4 is 28.8 Å². The third-order valence-electron chi connectivity index (χ3n) is 3.41. The molecular formula is C13H8Cl2F5N5. The highest BCUT2D eigenvalue weighted by molar-refractivity contribution is 6.36. The molecule has 0 bridgehead atoms. The van der Waals surface area contributed by atoms with Crippen molar-refractivity contribution in [3.63, 3.8) is 0 Å². The molecular weight excluding hydrogens is 392 g/mol. The number of aromatic nitrogens is 5. The zero-order valence-electron chi connectivity index (χ0n) is 12.5. The van der Waals surface area contributed by atoms with E-state index in [0.717, 1.165) is 19.3 Å². The van der Waals surface area contributed by atoms with E-state index in [-0.39, 0.29) is 22.1 Å². The predicted octanol–water partition coefficient (Wildman–Crippen LogP) is 4.40. The third-order valence-corrected chi connectivity index (χ3v) is 3.96. The number of nitrogens with zero attached hydrogens (tertiary/aromatic N) is 5. The van der Waals surface area contributed by atoms with Gasteiger partial charge in [-0.05, 0) is 24.6 Å². The molecule has 0 aromatic carbocycles. The number of alkyl halides is 6. The topological polar surface area (TPSA) is 48.0 Å². The van der Waals surface area contributed by atoms with Gasteiger partial charge < -0.3 is 0 Å². The SMILES string of the molecule is Cc1cc(C(F)(F)Cl)n2nc(-c3cnn(C)c3C(F)(F)F)c(Cl)c2n1. The van der Waals surface area contributed by atoms with Crippen LogP contribution in [0.4, 0.5) is 22.0 Å². The largest absolute Gasteiger partial charge is 0.433 e. The van der Waals surface area contributed by atoms with Gasteiger partial charge in [-0.1, -0.05) is 11.6 Å². The Morgan fingerprint density at radius 2 is 1.80 bits per heavy atom. The second-order valence-corrected chi connectivity index (χ2v) is 6.06. The summed E-state index contributed by atoms with van der Waals surface area (Å²) in [6, 6.07) is 0.973. The van der Waals surface area contributed by atoms with E-state index in [2.05, 4.69) is 15.2 Å². The number of hydrogen-bond acceptors (Lipinski definition) is 3. The van der Waals surface area contributed by atoms with Crippen molar-refractivity contribution in [2.24, 2.45) is 7.05 Å². The monoisotopic (exact) mass is 399 g/mol. The molecule has 0 aliphatic heterocycles. The Bertz CT molecular complexity index is 970. The lowest BCUT2D eigenvalue weighted by atomic mass is 10.2. The van der Waals surface area contributed by atoms with Gasteiger partial charge in [-0.25, -0.2) is 9.50 Å². The summed E-state index contributed by atoms with van der Waals surface area (Å²) in [5.41, 5.74) is -2.78. The summed E-state index contributed by atoms with van der Waals surface area (Å²) in [7, 11) is 1.09. The first kappa shape index (κ1) is 17.9. The van der Waals surface area contributed by atoms with Crippen molar-refractivity contribution in [1.29, 1.82) is 0 Å². The van der Waals surface area contributed by atoms with Gasteiger partial charge >= 0.3 is 11.6 Å². The molecule has 0 N–H and O–H groups in total. The van der Waals surface area contributed by atoms with Crippen molar-refractivity contribution in [2.45, 2.75) is 18.5 Å². The molecule has 0 amide bonds. The van der Waals surface area contributed by atoms with Gasteiger partial charge in [0.15, 0.2) is 11.3 Å². The summed E-state index contributed by atoms with van der Waals surface area (Å²) in [5.74, 6) is 0. The number of aryl methyl sites for hydroxylation is 2. The summed E-state index contributed by atoms with van der Waals surface area (Å²) in [6.45, 7) is 1.42. The van der Waals surface area contributed by atoms with Crippen LogP contribution in [-0.4, -0.2) is 24.4 Å². The molecule has 3 aromatic heterocycles. The van der Waals surface area contributed by atoms with E-state index < -0.39 is 28.5 Å². The minimum Gasteiger partial charge on any atom is -0.263 e. The van der Waals surface area contributed by atoms with Crippen LogP contribution in [0.1, 0.15) is 17.1 Å². The van der Waals surface area contributed by atoms with Gasteiger partial charge in [-0.2, -0.15) is 32.1 Å². The lowest BCUT2D eigenvalue weighted by molar-refractivity contribution is -0.143. The Morgan fingerprint density at radius 1 is 1.16 bits per heavy atom. The third kappa shape index (κ3) is 2.93. The van der Waals surface area contributed by atoms with Crippen molar-refractivity contribution in [3.8, 4) is 11.3 Å². The lowest BCUT2D eigenvalue weighted by Crippen LogP contribution is -2.14. The molecule has 0 radical (unpaired) electrons. The molecule has 0 fully saturated rings. The molecule has 5 nitrogen and oxygen atoms in total. The van der Waals surface area contributed by atoms with Crippen LogP contribution in [0, 0.1) is 6.92 Å². The Balaban J connectivity index is 2.36. The van der Waals surface area contributed by atoms with Crippen LogP contribution in [0.3, 0.4) is 0 Å². The van der Waals surface area contributed by atoms with Crippen LogP contribution >= 0.6 is 23.2 Å². The van der Waals surface area contributed by atoms with Gasteiger partial charge in [0, 0.05) is 12.7 Å². The van der Waals surface area contributed by atoms with E-state index in [1.807, 2.05) is 0 Å². The van der Waals surface area contributed by atoms with Gasteiger partial charge in [0.25, 0.3) is 0 Å². The maximum Gasteiger partial charge on any atom is 0.433 e. The zero-order chi connectivity index (χ0) is 18.7. The van der Waals surface area contributed by atoms with E-state index in [0.29, 0.717) is 9.20 Å². The van der Waals surface area contributed by atoms with E-state index >= 15 is 0 Å². The first-order valence-electron chi connectivity index (χ1n) is 6.64. The second kappa shape index (κ2) is 5.53. The minimum atomic E-state index is -4.75. The Morgan fingerprint density at radius 3 is 2.36 bits per heavy atom. The molecule has 25 heavy (non-hydrogen) atoms. The van der Waals surface area contributed by atoms with E-state index in [1.54, 1.807) is 0 Å². The summed E-state index contributed by atoms with van der Waals surface area (Å²) in [5, 5.41) is 3.20. The number of hydrogen-bond donors (Lipinski definition) is 0. The smallest absolute Gasteiger partial charge is 0.263 e. The standard InChI is InChI=1S/C13H8Cl2F5N5/c1-5-3-7(12(15,16)17)25-11(22-5)8(14)9(23-25)6-4-21-24(2)10(6)13(18,19)20/h3-4H,1-2H3. The molecule has 0 atom stereocenters. The molecule has 0 aliphatic rings. The quantitative estimate of drug-likeness (QED) is 0.474. The van der Waals surface area contributed by atoms with E-state index in [4.69, 9.17) is 23.2 Å².